The SMILES string of the molecule is N#Cc1ccc(-n2c(N)nc3cc(Cl)cnc32)c(Cl)c1. The highest BCUT2D eigenvalue weighted by atomic mass is 35.5. The van der Waals surface area contributed by atoms with Crippen LogP contribution in [0.1, 0.15) is 5.56 Å². The summed E-state index contributed by atoms with van der Waals surface area (Å²) in [5.74, 6) is 0.251. The second-order valence-electron chi connectivity index (χ2n) is 4.08. The number of nitrogens with zero attached hydrogens (tertiary/aromatic N) is 4. The Hall–Kier alpha value is -2.29. The zero-order valence-electron chi connectivity index (χ0n) is 10.0. The maximum absolute atomic E-state index is 8.86. The molecule has 2 aromatic heterocycles. The highest BCUT2D eigenvalue weighted by molar-refractivity contribution is 6.32. The molecule has 2 N–H and O–H groups in total. The van der Waals surface area contributed by atoms with Gasteiger partial charge in [-0.1, -0.05) is 23.2 Å². The smallest absolute Gasteiger partial charge is 0.207 e. The number of nitriles is 1. The van der Waals surface area contributed by atoms with Crippen molar-refractivity contribution in [2.24, 2.45) is 0 Å². The van der Waals surface area contributed by atoms with Crippen LogP contribution in [-0.2, 0) is 0 Å². The number of hydrogen-bond donors (Lipinski definition) is 1. The molecule has 0 aliphatic carbocycles. The van der Waals surface area contributed by atoms with Gasteiger partial charge in [-0.05, 0) is 24.3 Å². The van der Waals surface area contributed by atoms with Crippen LogP contribution in [-0.4, -0.2) is 14.5 Å². The highest BCUT2D eigenvalue weighted by Crippen LogP contribution is 2.28. The lowest BCUT2D eigenvalue weighted by Gasteiger charge is -2.08. The van der Waals surface area contributed by atoms with Gasteiger partial charge in [0.1, 0.15) is 5.52 Å². The van der Waals surface area contributed by atoms with Crippen LogP contribution >= 0.6 is 23.2 Å². The van der Waals surface area contributed by atoms with Crippen molar-refractivity contribution in [3.8, 4) is 11.8 Å². The summed E-state index contributed by atoms with van der Waals surface area (Å²) in [6.07, 6.45) is 1.51. The fourth-order valence-corrected chi connectivity index (χ4v) is 2.37. The number of rotatable bonds is 1. The Bertz CT molecular complexity index is 863. The summed E-state index contributed by atoms with van der Waals surface area (Å²) in [7, 11) is 0. The Kier molecular flexibility index (Phi) is 2.97. The summed E-state index contributed by atoms with van der Waals surface area (Å²) in [5, 5.41) is 9.74. The van der Waals surface area contributed by atoms with E-state index in [1.54, 1.807) is 28.8 Å². The standard InChI is InChI=1S/C13H7Cl2N5/c14-8-4-10-12(18-6-8)20(13(17)19-10)11-2-1-7(5-16)3-9(11)15/h1-4,6H,(H2,17,19). The number of benzene rings is 1. The van der Waals surface area contributed by atoms with Gasteiger partial charge in [0.25, 0.3) is 0 Å². The van der Waals surface area contributed by atoms with Crippen molar-refractivity contribution in [1.29, 1.82) is 5.26 Å². The molecule has 20 heavy (non-hydrogen) atoms. The minimum Gasteiger partial charge on any atom is -0.369 e. The first-order valence-electron chi connectivity index (χ1n) is 5.59. The summed E-state index contributed by atoms with van der Waals surface area (Å²) < 4.78 is 1.62. The monoisotopic (exact) mass is 303 g/mol. The molecular formula is C13H7Cl2N5. The molecule has 0 aliphatic rings. The Morgan fingerprint density at radius 2 is 2.05 bits per heavy atom. The maximum Gasteiger partial charge on any atom is 0.207 e. The fourth-order valence-electron chi connectivity index (χ4n) is 1.95. The number of pyridine rings is 1. The molecule has 2 heterocycles. The maximum atomic E-state index is 8.86. The van der Waals surface area contributed by atoms with E-state index >= 15 is 0 Å². The minimum absolute atomic E-state index is 0.251. The van der Waals surface area contributed by atoms with Crippen LogP contribution in [0, 0.1) is 11.3 Å². The second-order valence-corrected chi connectivity index (χ2v) is 4.92. The number of anilines is 1. The van der Waals surface area contributed by atoms with Gasteiger partial charge in [-0.2, -0.15) is 5.26 Å². The Morgan fingerprint density at radius 3 is 2.75 bits per heavy atom. The molecule has 0 saturated heterocycles. The third-order valence-corrected chi connectivity index (χ3v) is 3.32. The highest BCUT2D eigenvalue weighted by Gasteiger charge is 2.14. The molecule has 0 amide bonds. The van der Waals surface area contributed by atoms with E-state index < -0.39 is 0 Å². The van der Waals surface area contributed by atoms with Gasteiger partial charge in [-0.25, -0.2) is 9.97 Å². The van der Waals surface area contributed by atoms with Gasteiger partial charge in [-0.15, -0.1) is 0 Å². The first-order chi connectivity index (χ1) is 9.60. The van der Waals surface area contributed by atoms with Gasteiger partial charge in [0.2, 0.25) is 5.95 Å². The van der Waals surface area contributed by atoms with Crippen LogP contribution in [0.25, 0.3) is 16.9 Å². The molecule has 5 nitrogen and oxygen atoms in total. The largest absolute Gasteiger partial charge is 0.369 e. The molecule has 3 rings (SSSR count). The number of nitrogen functional groups attached to an aromatic ring is 1. The molecule has 0 fully saturated rings. The fraction of sp³-hybridized carbons (Fsp3) is 0. The van der Waals surface area contributed by atoms with E-state index in [4.69, 9.17) is 34.2 Å². The average Bonchev–Trinajstić information content (AvgIpc) is 2.73. The van der Waals surface area contributed by atoms with E-state index in [0.29, 0.717) is 32.5 Å². The summed E-state index contributed by atoms with van der Waals surface area (Å²) >= 11 is 12.1. The van der Waals surface area contributed by atoms with Crippen molar-refractivity contribution >= 4 is 40.3 Å². The van der Waals surface area contributed by atoms with Crippen molar-refractivity contribution in [3.63, 3.8) is 0 Å². The minimum atomic E-state index is 0.251. The lowest BCUT2D eigenvalue weighted by molar-refractivity contribution is 1.08. The van der Waals surface area contributed by atoms with E-state index in [1.165, 1.54) is 6.20 Å². The molecule has 0 unspecified atom stereocenters. The zero-order valence-corrected chi connectivity index (χ0v) is 11.5. The van der Waals surface area contributed by atoms with Crippen molar-refractivity contribution in [3.05, 3.63) is 46.1 Å². The topological polar surface area (TPSA) is 80.5 Å². The number of hydrogen-bond acceptors (Lipinski definition) is 4. The van der Waals surface area contributed by atoms with Crippen molar-refractivity contribution in [2.45, 2.75) is 0 Å². The summed E-state index contributed by atoms with van der Waals surface area (Å²) in [5.41, 5.74) is 8.13. The van der Waals surface area contributed by atoms with Gasteiger partial charge in [0, 0.05) is 6.20 Å². The zero-order chi connectivity index (χ0) is 14.3. The van der Waals surface area contributed by atoms with Crippen LogP contribution < -0.4 is 5.73 Å². The van der Waals surface area contributed by atoms with E-state index in [1.807, 2.05) is 6.07 Å². The van der Waals surface area contributed by atoms with E-state index in [0.717, 1.165) is 0 Å². The number of aromatic nitrogens is 3. The average molecular weight is 304 g/mol. The van der Waals surface area contributed by atoms with Gasteiger partial charge in [0.15, 0.2) is 5.65 Å². The summed E-state index contributed by atoms with van der Waals surface area (Å²) in [4.78, 5) is 8.43. The summed E-state index contributed by atoms with van der Waals surface area (Å²) in [6, 6.07) is 8.63. The molecule has 0 radical (unpaired) electrons. The molecule has 98 valence electrons. The number of halogens is 2. The molecule has 0 aliphatic heterocycles. The van der Waals surface area contributed by atoms with E-state index in [-0.39, 0.29) is 5.95 Å². The van der Waals surface area contributed by atoms with E-state index in [2.05, 4.69) is 9.97 Å². The first-order valence-corrected chi connectivity index (χ1v) is 6.35. The molecular weight excluding hydrogens is 297 g/mol. The number of imidazole rings is 1. The normalized spacial score (nSPS) is 10.7. The predicted octanol–water partition coefficient (Wildman–Crippen LogP) is 3.18. The quantitative estimate of drug-likeness (QED) is 0.748. The molecule has 1 aromatic carbocycles. The van der Waals surface area contributed by atoms with Crippen LogP contribution in [0.15, 0.2) is 30.5 Å². The lowest BCUT2D eigenvalue weighted by atomic mass is 10.2. The number of nitrogens with two attached hydrogens (primary N) is 1. The van der Waals surface area contributed by atoms with Crippen molar-refractivity contribution in [1.82, 2.24) is 14.5 Å². The summed E-state index contributed by atoms with van der Waals surface area (Å²) in [6.45, 7) is 0. The van der Waals surface area contributed by atoms with Gasteiger partial charge < -0.3 is 5.73 Å². The van der Waals surface area contributed by atoms with E-state index in [9.17, 15) is 0 Å². The molecule has 0 bridgehead atoms. The van der Waals surface area contributed by atoms with Gasteiger partial charge >= 0.3 is 0 Å². The lowest BCUT2D eigenvalue weighted by Crippen LogP contribution is -2.02. The molecule has 3 aromatic rings. The van der Waals surface area contributed by atoms with Crippen LogP contribution in [0.5, 0.6) is 0 Å². The Balaban J connectivity index is 2.30. The van der Waals surface area contributed by atoms with Crippen LogP contribution in [0.4, 0.5) is 5.95 Å². The predicted molar refractivity (Wildman–Crippen MR) is 78.0 cm³/mol. The van der Waals surface area contributed by atoms with Crippen LogP contribution in [0.3, 0.4) is 0 Å². The Labute approximate surface area is 124 Å². The second kappa shape index (κ2) is 4.67. The molecule has 0 spiro atoms. The molecule has 7 heteroatoms. The third-order valence-electron chi connectivity index (χ3n) is 2.81. The van der Waals surface area contributed by atoms with Crippen LogP contribution in [0.2, 0.25) is 10.0 Å². The van der Waals surface area contributed by atoms with Gasteiger partial charge in [-0.3, -0.25) is 4.57 Å². The third kappa shape index (κ3) is 1.95. The van der Waals surface area contributed by atoms with Crippen molar-refractivity contribution < 1.29 is 0 Å². The Morgan fingerprint density at radius 1 is 1.25 bits per heavy atom. The van der Waals surface area contributed by atoms with Crippen molar-refractivity contribution in [2.75, 3.05) is 5.73 Å². The number of fused-ring (bicyclic) bond motifs is 1. The first kappa shape index (κ1) is 12.7. The van der Waals surface area contributed by atoms with Gasteiger partial charge in [0.05, 0.1) is 27.4 Å². The molecule has 0 saturated carbocycles. The molecule has 0 atom stereocenters.